The normalized spacial score (nSPS) is 17.1. The summed E-state index contributed by atoms with van der Waals surface area (Å²) in [7, 11) is 1.65. The zero-order valence-electron chi connectivity index (χ0n) is 10.6. The lowest BCUT2D eigenvalue weighted by molar-refractivity contribution is 0.360. The lowest BCUT2D eigenvalue weighted by Gasteiger charge is -2.23. The number of benzene rings is 1. The van der Waals surface area contributed by atoms with Crippen LogP contribution in [-0.2, 0) is 6.42 Å². The van der Waals surface area contributed by atoms with Crippen LogP contribution < -0.4 is 10.1 Å². The molecule has 94 valence electrons. The van der Waals surface area contributed by atoms with E-state index in [-0.39, 0.29) is 5.82 Å². The summed E-state index contributed by atoms with van der Waals surface area (Å²) in [6, 6.07) is 3.43. The standard InChI is InChI=1S/C14H20FNO/c1-10-7-14(17-2)12(9-13(10)15)8-11-3-5-16-6-4-11/h7,9,11,16H,3-6,8H2,1-2H3. The molecule has 0 spiro atoms. The molecule has 1 fully saturated rings. The zero-order valence-corrected chi connectivity index (χ0v) is 10.6. The van der Waals surface area contributed by atoms with Crippen molar-refractivity contribution < 1.29 is 9.13 Å². The molecule has 0 amide bonds. The monoisotopic (exact) mass is 237 g/mol. The molecule has 1 aliphatic rings. The maximum Gasteiger partial charge on any atom is 0.126 e. The lowest BCUT2D eigenvalue weighted by Crippen LogP contribution is -2.28. The molecule has 1 saturated heterocycles. The first-order valence-corrected chi connectivity index (χ1v) is 6.24. The van der Waals surface area contributed by atoms with E-state index < -0.39 is 0 Å². The van der Waals surface area contributed by atoms with Gasteiger partial charge in [0.15, 0.2) is 0 Å². The van der Waals surface area contributed by atoms with E-state index in [9.17, 15) is 4.39 Å². The minimum atomic E-state index is -0.130. The van der Waals surface area contributed by atoms with Gasteiger partial charge >= 0.3 is 0 Å². The second-order valence-corrected chi connectivity index (χ2v) is 4.81. The molecule has 1 aromatic carbocycles. The van der Waals surface area contributed by atoms with Gasteiger partial charge in [-0.1, -0.05) is 0 Å². The van der Waals surface area contributed by atoms with Gasteiger partial charge in [-0.3, -0.25) is 0 Å². The average Bonchev–Trinajstić information content (AvgIpc) is 2.35. The predicted molar refractivity (Wildman–Crippen MR) is 67.0 cm³/mol. The van der Waals surface area contributed by atoms with Gasteiger partial charge < -0.3 is 10.1 Å². The molecule has 0 saturated carbocycles. The van der Waals surface area contributed by atoms with Gasteiger partial charge in [0.2, 0.25) is 0 Å². The van der Waals surface area contributed by atoms with Gasteiger partial charge in [0.1, 0.15) is 11.6 Å². The summed E-state index contributed by atoms with van der Waals surface area (Å²) >= 11 is 0. The van der Waals surface area contributed by atoms with Gasteiger partial charge in [-0.15, -0.1) is 0 Å². The molecule has 0 aromatic heterocycles. The Labute approximate surface area is 102 Å². The molecule has 0 unspecified atom stereocenters. The van der Waals surface area contributed by atoms with Crippen LogP contribution in [0.5, 0.6) is 5.75 Å². The van der Waals surface area contributed by atoms with E-state index in [2.05, 4.69) is 5.32 Å². The first-order valence-electron chi connectivity index (χ1n) is 6.24. The van der Waals surface area contributed by atoms with E-state index in [0.717, 1.165) is 30.8 Å². The fraction of sp³-hybridized carbons (Fsp3) is 0.571. The summed E-state index contributed by atoms with van der Waals surface area (Å²) in [5, 5.41) is 3.34. The molecular formula is C14H20FNO. The van der Waals surface area contributed by atoms with Crippen LogP contribution in [-0.4, -0.2) is 20.2 Å². The van der Waals surface area contributed by atoms with Crippen LogP contribution in [0.3, 0.4) is 0 Å². The molecular weight excluding hydrogens is 217 g/mol. The maximum atomic E-state index is 13.6. The van der Waals surface area contributed by atoms with Gasteiger partial charge in [0.05, 0.1) is 7.11 Å². The Balaban J connectivity index is 2.15. The molecule has 2 nitrogen and oxygen atoms in total. The highest BCUT2D eigenvalue weighted by atomic mass is 19.1. The minimum Gasteiger partial charge on any atom is -0.496 e. The molecule has 0 atom stereocenters. The Hall–Kier alpha value is -1.09. The quantitative estimate of drug-likeness (QED) is 0.872. The first-order chi connectivity index (χ1) is 8.20. The van der Waals surface area contributed by atoms with Crippen LogP contribution in [0.1, 0.15) is 24.0 Å². The Morgan fingerprint density at radius 2 is 2.06 bits per heavy atom. The van der Waals surface area contributed by atoms with Gasteiger partial charge in [-0.2, -0.15) is 0 Å². The summed E-state index contributed by atoms with van der Waals surface area (Å²) in [5.74, 6) is 1.34. The van der Waals surface area contributed by atoms with Crippen LogP contribution >= 0.6 is 0 Å². The van der Waals surface area contributed by atoms with Crippen molar-refractivity contribution in [3.63, 3.8) is 0 Å². The third-order valence-corrected chi connectivity index (χ3v) is 3.53. The Morgan fingerprint density at radius 3 is 2.71 bits per heavy atom. The number of hydrogen-bond donors (Lipinski definition) is 1. The number of rotatable bonds is 3. The predicted octanol–water partition coefficient (Wildman–Crippen LogP) is 2.68. The number of aryl methyl sites for hydroxylation is 1. The van der Waals surface area contributed by atoms with E-state index in [4.69, 9.17) is 4.74 Å². The SMILES string of the molecule is COc1cc(C)c(F)cc1CC1CCNCC1. The molecule has 1 heterocycles. The Morgan fingerprint density at radius 1 is 1.35 bits per heavy atom. The summed E-state index contributed by atoms with van der Waals surface area (Å²) in [6.45, 7) is 3.91. The molecule has 0 radical (unpaired) electrons. The van der Waals surface area contributed by atoms with Crippen molar-refractivity contribution in [2.45, 2.75) is 26.2 Å². The van der Waals surface area contributed by atoms with E-state index in [1.54, 1.807) is 26.2 Å². The highest BCUT2D eigenvalue weighted by Crippen LogP contribution is 2.27. The van der Waals surface area contributed by atoms with Gasteiger partial charge in [0, 0.05) is 0 Å². The maximum absolute atomic E-state index is 13.6. The molecule has 1 aromatic rings. The molecule has 0 aliphatic carbocycles. The number of ether oxygens (including phenoxy) is 1. The van der Waals surface area contributed by atoms with Crippen LogP contribution in [0.15, 0.2) is 12.1 Å². The van der Waals surface area contributed by atoms with E-state index >= 15 is 0 Å². The number of hydrogen-bond acceptors (Lipinski definition) is 2. The van der Waals surface area contributed by atoms with Gasteiger partial charge in [0.25, 0.3) is 0 Å². The van der Waals surface area contributed by atoms with Crippen molar-refractivity contribution >= 4 is 0 Å². The largest absolute Gasteiger partial charge is 0.496 e. The van der Waals surface area contributed by atoms with Gasteiger partial charge in [-0.25, -0.2) is 4.39 Å². The van der Waals surface area contributed by atoms with E-state index in [1.165, 1.54) is 12.8 Å². The number of methoxy groups -OCH3 is 1. The molecule has 17 heavy (non-hydrogen) atoms. The fourth-order valence-electron chi connectivity index (χ4n) is 2.44. The summed E-state index contributed by atoms with van der Waals surface area (Å²) in [6.07, 6.45) is 3.25. The van der Waals surface area contributed by atoms with Crippen LogP contribution in [0.2, 0.25) is 0 Å². The minimum absolute atomic E-state index is 0.130. The third kappa shape index (κ3) is 2.97. The molecule has 0 bridgehead atoms. The first kappa shape index (κ1) is 12.4. The number of halogens is 1. The van der Waals surface area contributed by atoms with Crippen LogP contribution in [0.25, 0.3) is 0 Å². The summed E-state index contributed by atoms with van der Waals surface area (Å²) in [5.41, 5.74) is 1.65. The van der Waals surface area contributed by atoms with Crippen molar-refractivity contribution in [1.82, 2.24) is 5.32 Å². The Kier molecular flexibility index (Phi) is 4.00. The second kappa shape index (κ2) is 5.50. The van der Waals surface area contributed by atoms with Crippen molar-refractivity contribution in [3.05, 3.63) is 29.1 Å². The van der Waals surface area contributed by atoms with E-state index in [1.807, 2.05) is 0 Å². The van der Waals surface area contributed by atoms with Crippen molar-refractivity contribution in [1.29, 1.82) is 0 Å². The topological polar surface area (TPSA) is 21.3 Å². The third-order valence-electron chi connectivity index (χ3n) is 3.53. The van der Waals surface area contributed by atoms with Crippen LogP contribution in [0.4, 0.5) is 4.39 Å². The lowest BCUT2D eigenvalue weighted by atomic mass is 9.90. The number of piperidine rings is 1. The Bertz CT molecular complexity index is 386. The smallest absolute Gasteiger partial charge is 0.126 e. The molecule has 1 aliphatic heterocycles. The van der Waals surface area contributed by atoms with Gasteiger partial charge in [-0.05, 0) is 68.5 Å². The zero-order chi connectivity index (χ0) is 12.3. The highest BCUT2D eigenvalue weighted by Gasteiger charge is 2.16. The molecule has 2 rings (SSSR count). The summed E-state index contributed by atoms with van der Waals surface area (Å²) < 4.78 is 18.9. The van der Waals surface area contributed by atoms with Crippen molar-refractivity contribution in [2.75, 3.05) is 20.2 Å². The second-order valence-electron chi connectivity index (χ2n) is 4.81. The highest BCUT2D eigenvalue weighted by molar-refractivity contribution is 5.38. The fourth-order valence-corrected chi connectivity index (χ4v) is 2.44. The average molecular weight is 237 g/mol. The summed E-state index contributed by atoms with van der Waals surface area (Å²) in [4.78, 5) is 0. The number of nitrogens with one attached hydrogen (secondary N) is 1. The van der Waals surface area contributed by atoms with Crippen molar-refractivity contribution in [2.24, 2.45) is 5.92 Å². The molecule has 1 N–H and O–H groups in total. The van der Waals surface area contributed by atoms with Crippen LogP contribution in [0, 0.1) is 18.7 Å². The van der Waals surface area contributed by atoms with Crippen molar-refractivity contribution in [3.8, 4) is 5.75 Å². The molecule has 3 heteroatoms. The van der Waals surface area contributed by atoms with E-state index in [0.29, 0.717) is 11.5 Å².